The smallest absolute Gasteiger partial charge is 0.150 e. The Balaban J connectivity index is 2.41. The molecule has 0 aromatic heterocycles. The van der Waals surface area contributed by atoms with Crippen LogP contribution in [0.5, 0.6) is 5.75 Å². The zero-order valence-electron chi connectivity index (χ0n) is 9.94. The molecule has 0 aliphatic rings. The fourth-order valence-corrected chi connectivity index (χ4v) is 1.73. The highest BCUT2D eigenvalue weighted by Crippen LogP contribution is 2.24. The van der Waals surface area contributed by atoms with Crippen molar-refractivity contribution in [2.24, 2.45) is 0 Å². The molecule has 0 aliphatic carbocycles. The molecule has 0 unspecified atom stereocenters. The van der Waals surface area contributed by atoms with E-state index in [-0.39, 0.29) is 0 Å². The van der Waals surface area contributed by atoms with Gasteiger partial charge in [0.25, 0.3) is 0 Å². The lowest BCUT2D eigenvalue weighted by Crippen LogP contribution is -1.88. The predicted molar refractivity (Wildman–Crippen MR) is 68.6 cm³/mol. The molecular weight excluding hydrogens is 212 g/mol. The van der Waals surface area contributed by atoms with Crippen molar-refractivity contribution in [2.45, 2.75) is 6.92 Å². The third kappa shape index (κ3) is 2.36. The molecular formula is C15H14O2. The number of aryl methyl sites for hydroxylation is 1. The Hall–Kier alpha value is -2.09. The average molecular weight is 226 g/mol. The molecule has 0 atom stereocenters. The minimum Gasteiger partial charge on any atom is -0.497 e. The van der Waals surface area contributed by atoms with Crippen LogP contribution >= 0.6 is 0 Å². The van der Waals surface area contributed by atoms with Gasteiger partial charge < -0.3 is 4.74 Å². The summed E-state index contributed by atoms with van der Waals surface area (Å²) < 4.78 is 5.11. The molecule has 2 rings (SSSR count). The molecule has 2 aromatic rings. The van der Waals surface area contributed by atoms with Gasteiger partial charge in [-0.1, -0.05) is 24.3 Å². The van der Waals surface area contributed by atoms with E-state index in [1.807, 2.05) is 49.4 Å². The SMILES string of the molecule is COc1ccc(-c2ccc(C)c(C=O)c2)cc1. The number of hydrogen-bond acceptors (Lipinski definition) is 2. The molecule has 0 radical (unpaired) electrons. The molecule has 0 aliphatic heterocycles. The summed E-state index contributed by atoms with van der Waals surface area (Å²) in [5, 5.41) is 0. The Morgan fingerprint density at radius 3 is 2.24 bits per heavy atom. The van der Waals surface area contributed by atoms with Crippen molar-refractivity contribution in [1.82, 2.24) is 0 Å². The van der Waals surface area contributed by atoms with E-state index in [1.165, 1.54) is 0 Å². The molecule has 0 heterocycles. The standard InChI is InChI=1S/C15H14O2/c1-11-3-4-13(9-14(11)10-16)12-5-7-15(17-2)8-6-12/h3-10H,1-2H3. The minimum atomic E-state index is 0.735. The van der Waals surface area contributed by atoms with Crippen molar-refractivity contribution in [1.29, 1.82) is 0 Å². The monoisotopic (exact) mass is 226 g/mol. The van der Waals surface area contributed by atoms with Crippen LogP contribution in [0.15, 0.2) is 42.5 Å². The van der Waals surface area contributed by atoms with Gasteiger partial charge in [-0.25, -0.2) is 0 Å². The van der Waals surface area contributed by atoms with Crippen LogP contribution in [0.1, 0.15) is 15.9 Å². The number of aldehydes is 1. The molecule has 0 saturated heterocycles. The fourth-order valence-electron chi connectivity index (χ4n) is 1.73. The van der Waals surface area contributed by atoms with E-state index < -0.39 is 0 Å². The number of carbonyl (C=O) groups is 1. The van der Waals surface area contributed by atoms with Gasteiger partial charge in [-0.2, -0.15) is 0 Å². The van der Waals surface area contributed by atoms with Crippen LogP contribution in [0.4, 0.5) is 0 Å². The number of benzene rings is 2. The lowest BCUT2D eigenvalue weighted by molar-refractivity contribution is 0.112. The summed E-state index contributed by atoms with van der Waals surface area (Å²) in [7, 11) is 1.64. The largest absolute Gasteiger partial charge is 0.497 e. The highest BCUT2D eigenvalue weighted by atomic mass is 16.5. The molecule has 2 aromatic carbocycles. The van der Waals surface area contributed by atoms with Crippen LogP contribution in [0, 0.1) is 6.92 Å². The van der Waals surface area contributed by atoms with Crippen LogP contribution in [-0.4, -0.2) is 13.4 Å². The summed E-state index contributed by atoms with van der Waals surface area (Å²) in [5.74, 6) is 0.830. The first-order valence-corrected chi connectivity index (χ1v) is 5.45. The zero-order chi connectivity index (χ0) is 12.3. The first-order valence-electron chi connectivity index (χ1n) is 5.45. The fraction of sp³-hybridized carbons (Fsp3) is 0.133. The van der Waals surface area contributed by atoms with E-state index >= 15 is 0 Å². The van der Waals surface area contributed by atoms with Crippen LogP contribution in [0.3, 0.4) is 0 Å². The number of ether oxygens (including phenoxy) is 1. The Morgan fingerprint density at radius 1 is 1.00 bits per heavy atom. The molecule has 0 N–H and O–H groups in total. The molecule has 0 fully saturated rings. The van der Waals surface area contributed by atoms with E-state index in [4.69, 9.17) is 4.74 Å². The summed E-state index contributed by atoms with van der Waals surface area (Å²) in [4.78, 5) is 10.9. The first-order chi connectivity index (χ1) is 8.24. The zero-order valence-corrected chi connectivity index (χ0v) is 9.94. The highest BCUT2D eigenvalue weighted by Gasteiger charge is 2.02. The van der Waals surface area contributed by atoms with Crippen molar-refractivity contribution in [2.75, 3.05) is 7.11 Å². The molecule has 0 bridgehead atoms. The summed E-state index contributed by atoms with van der Waals surface area (Å²) in [5.41, 5.74) is 3.85. The van der Waals surface area contributed by atoms with E-state index in [0.717, 1.165) is 34.3 Å². The second-order valence-corrected chi connectivity index (χ2v) is 3.92. The highest BCUT2D eigenvalue weighted by molar-refractivity contribution is 5.81. The van der Waals surface area contributed by atoms with Gasteiger partial charge in [-0.05, 0) is 41.8 Å². The molecule has 86 valence electrons. The number of hydrogen-bond donors (Lipinski definition) is 0. The molecule has 0 saturated carbocycles. The molecule has 2 nitrogen and oxygen atoms in total. The van der Waals surface area contributed by atoms with Gasteiger partial charge in [-0.3, -0.25) is 4.79 Å². The topological polar surface area (TPSA) is 26.3 Å². The van der Waals surface area contributed by atoms with Crippen LogP contribution in [0.2, 0.25) is 0 Å². The number of methoxy groups -OCH3 is 1. The Kier molecular flexibility index (Phi) is 3.24. The Bertz CT molecular complexity index is 527. The van der Waals surface area contributed by atoms with Gasteiger partial charge in [-0.15, -0.1) is 0 Å². The van der Waals surface area contributed by atoms with Crippen LogP contribution < -0.4 is 4.74 Å². The maximum Gasteiger partial charge on any atom is 0.150 e. The Labute approximate surface area is 101 Å². The molecule has 17 heavy (non-hydrogen) atoms. The first kappa shape index (κ1) is 11.4. The van der Waals surface area contributed by atoms with Gasteiger partial charge in [0.05, 0.1) is 7.11 Å². The van der Waals surface area contributed by atoms with E-state index in [1.54, 1.807) is 7.11 Å². The van der Waals surface area contributed by atoms with Crippen molar-refractivity contribution < 1.29 is 9.53 Å². The van der Waals surface area contributed by atoms with Gasteiger partial charge in [0.2, 0.25) is 0 Å². The quantitative estimate of drug-likeness (QED) is 0.749. The average Bonchev–Trinajstić information content (AvgIpc) is 2.39. The second kappa shape index (κ2) is 4.83. The van der Waals surface area contributed by atoms with Crippen molar-refractivity contribution >= 4 is 6.29 Å². The summed E-state index contributed by atoms with van der Waals surface area (Å²) >= 11 is 0. The van der Waals surface area contributed by atoms with E-state index in [9.17, 15) is 4.79 Å². The summed E-state index contributed by atoms with van der Waals surface area (Å²) in [6.07, 6.45) is 0.891. The lowest BCUT2D eigenvalue weighted by atomic mass is 10.0. The number of carbonyl (C=O) groups excluding carboxylic acids is 1. The second-order valence-electron chi connectivity index (χ2n) is 3.92. The number of rotatable bonds is 3. The molecule has 2 heteroatoms. The van der Waals surface area contributed by atoms with Crippen LogP contribution in [0.25, 0.3) is 11.1 Å². The minimum absolute atomic E-state index is 0.735. The van der Waals surface area contributed by atoms with Gasteiger partial charge in [0.1, 0.15) is 12.0 Å². The van der Waals surface area contributed by atoms with Gasteiger partial charge >= 0.3 is 0 Å². The summed E-state index contributed by atoms with van der Waals surface area (Å²) in [6, 6.07) is 13.7. The third-order valence-corrected chi connectivity index (χ3v) is 2.83. The van der Waals surface area contributed by atoms with E-state index in [0.29, 0.717) is 0 Å². The van der Waals surface area contributed by atoms with Crippen molar-refractivity contribution in [3.63, 3.8) is 0 Å². The lowest BCUT2D eigenvalue weighted by Gasteiger charge is -2.06. The molecule has 0 amide bonds. The van der Waals surface area contributed by atoms with E-state index in [2.05, 4.69) is 0 Å². The summed E-state index contributed by atoms with van der Waals surface area (Å²) in [6.45, 7) is 1.93. The van der Waals surface area contributed by atoms with Crippen molar-refractivity contribution in [3.05, 3.63) is 53.6 Å². The Morgan fingerprint density at radius 2 is 1.65 bits per heavy atom. The van der Waals surface area contributed by atoms with Crippen LogP contribution in [-0.2, 0) is 0 Å². The predicted octanol–water partition coefficient (Wildman–Crippen LogP) is 3.48. The van der Waals surface area contributed by atoms with Crippen molar-refractivity contribution in [3.8, 4) is 16.9 Å². The van der Waals surface area contributed by atoms with Gasteiger partial charge in [0, 0.05) is 5.56 Å². The maximum absolute atomic E-state index is 10.9. The normalized spacial score (nSPS) is 10.0. The van der Waals surface area contributed by atoms with Gasteiger partial charge in [0.15, 0.2) is 0 Å². The maximum atomic E-state index is 10.9. The molecule has 0 spiro atoms. The third-order valence-electron chi connectivity index (χ3n) is 2.83.